The van der Waals surface area contributed by atoms with Crippen molar-refractivity contribution in [1.29, 1.82) is 0 Å². The number of hydrogen-bond donors (Lipinski definition) is 0. The molecule has 0 spiro atoms. The summed E-state index contributed by atoms with van der Waals surface area (Å²) in [4.78, 5) is 12.2. The molecular formula is C12H16O2. The number of ketones is 1. The fourth-order valence-corrected chi connectivity index (χ4v) is 3.44. The Morgan fingerprint density at radius 3 is 2.21 bits per heavy atom. The van der Waals surface area contributed by atoms with Crippen molar-refractivity contribution in [1.82, 2.24) is 0 Å². The number of carbonyl (C=O) groups excluding carboxylic acids is 1. The Morgan fingerprint density at radius 1 is 1.21 bits per heavy atom. The van der Waals surface area contributed by atoms with E-state index in [9.17, 15) is 4.79 Å². The van der Waals surface area contributed by atoms with Crippen LogP contribution in [0.1, 0.15) is 33.1 Å². The molecule has 14 heavy (non-hydrogen) atoms. The van der Waals surface area contributed by atoms with Crippen LogP contribution in [-0.4, -0.2) is 17.0 Å². The highest BCUT2D eigenvalue weighted by atomic mass is 16.5. The molecule has 2 heterocycles. The zero-order valence-corrected chi connectivity index (χ0v) is 8.75. The first-order chi connectivity index (χ1) is 6.55. The first kappa shape index (κ1) is 8.66. The van der Waals surface area contributed by atoms with Gasteiger partial charge in [-0.3, -0.25) is 4.79 Å². The predicted octanol–water partition coefficient (Wildman–Crippen LogP) is 2.09. The number of ether oxygens (including phenoxy) is 1. The number of rotatable bonds is 0. The molecule has 1 saturated carbocycles. The third-order valence-electron chi connectivity index (χ3n) is 4.24. The summed E-state index contributed by atoms with van der Waals surface area (Å²) in [6.07, 6.45) is 7.41. The Labute approximate surface area is 84.3 Å². The minimum atomic E-state index is -0.303. The summed E-state index contributed by atoms with van der Waals surface area (Å²) >= 11 is 0. The van der Waals surface area contributed by atoms with Gasteiger partial charge >= 0.3 is 0 Å². The maximum Gasteiger partial charge on any atom is 0.145 e. The Kier molecular flexibility index (Phi) is 1.42. The van der Waals surface area contributed by atoms with Crippen LogP contribution in [0.4, 0.5) is 0 Å². The van der Waals surface area contributed by atoms with Crippen LogP contribution in [0.3, 0.4) is 0 Å². The molecule has 4 atom stereocenters. The van der Waals surface area contributed by atoms with Crippen molar-refractivity contribution < 1.29 is 9.53 Å². The molecule has 3 aliphatic rings. The van der Waals surface area contributed by atoms with Crippen LogP contribution in [0.25, 0.3) is 0 Å². The molecule has 0 radical (unpaired) electrons. The lowest BCUT2D eigenvalue weighted by atomic mass is 9.67. The van der Waals surface area contributed by atoms with Crippen molar-refractivity contribution in [2.24, 2.45) is 11.8 Å². The normalized spacial score (nSPS) is 55.1. The van der Waals surface area contributed by atoms with E-state index >= 15 is 0 Å². The summed E-state index contributed by atoms with van der Waals surface area (Å²) < 4.78 is 6.08. The zero-order chi connectivity index (χ0) is 9.97. The molecule has 1 saturated heterocycles. The molecule has 2 nitrogen and oxygen atoms in total. The molecule has 3 rings (SSSR count). The topological polar surface area (TPSA) is 26.3 Å². The molecule has 2 aliphatic heterocycles. The van der Waals surface area contributed by atoms with Gasteiger partial charge in [0.1, 0.15) is 5.78 Å². The van der Waals surface area contributed by atoms with Crippen LogP contribution in [0.15, 0.2) is 12.2 Å². The van der Waals surface area contributed by atoms with Crippen LogP contribution >= 0.6 is 0 Å². The smallest absolute Gasteiger partial charge is 0.145 e. The highest BCUT2D eigenvalue weighted by Gasteiger charge is 2.59. The number of fused-ring (bicyclic) bond motifs is 6. The fraction of sp³-hybridized carbons (Fsp3) is 0.750. The number of carbonyl (C=O) groups is 1. The van der Waals surface area contributed by atoms with E-state index in [1.807, 2.05) is 0 Å². The Balaban J connectivity index is 2.12. The average Bonchev–Trinajstić information content (AvgIpc) is 2.42. The highest BCUT2D eigenvalue weighted by molar-refractivity contribution is 5.88. The SMILES string of the molecule is CC12C=CC(C)(O1)C1CCCC2C1=O. The maximum absolute atomic E-state index is 12.2. The molecule has 2 heteroatoms. The largest absolute Gasteiger partial charge is 0.359 e. The molecule has 4 bridgehead atoms. The lowest BCUT2D eigenvalue weighted by molar-refractivity contribution is -0.188. The molecule has 0 amide bonds. The van der Waals surface area contributed by atoms with Crippen molar-refractivity contribution in [2.75, 3.05) is 0 Å². The van der Waals surface area contributed by atoms with Gasteiger partial charge in [0, 0.05) is 0 Å². The first-order valence-corrected chi connectivity index (χ1v) is 5.49. The Morgan fingerprint density at radius 2 is 1.71 bits per heavy atom. The second-order valence-electron chi connectivity index (χ2n) is 5.24. The van der Waals surface area contributed by atoms with Crippen LogP contribution in [0.5, 0.6) is 0 Å². The molecule has 0 aromatic carbocycles. The molecular weight excluding hydrogens is 176 g/mol. The van der Waals surface area contributed by atoms with Gasteiger partial charge in [0.25, 0.3) is 0 Å². The molecule has 0 aromatic heterocycles. The Hall–Kier alpha value is -0.630. The van der Waals surface area contributed by atoms with Crippen LogP contribution in [0, 0.1) is 11.8 Å². The van der Waals surface area contributed by atoms with Crippen LogP contribution in [0.2, 0.25) is 0 Å². The lowest BCUT2D eigenvalue weighted by Crippen LogP contribution is -2.57. The average molecular weight is 192 g/mol. The Bertz CT molecular complexity index is 305. The zero-order valence-electron chi connectivity index (χ0n) is 8.75. The standard InChI is InChI=1S/C12H16O2/c1-11-6-7-12(2,14-11)9-5-3-4-8(11)10(9)13/h6-9H,3-5H2,1-2H3. The van der Waals surface area contributed by atoms with E-state index in [4.69, 9.17) is 4.74 Å². The van der Waals surface area contributed by atoms with Crippen molar-refractivity contribution in [3.63, 3.8) is 0 Å². The molecule has 0 aromatic rings. The van der Waals surface area contributed by atoms with Gasteiger partial charge in [0.2, 0.25) is 0 Å². The van der Waals surface area contributed by atoms with Gasteiger partial charge in [-0.05, 0) is 26.7 Å². The molecule has 4 unspecified atom stereocenters. The summed E-state index contributed by atoms with van der Waals surface area (Å²) in [5, 5.41) is 0. The van der Waals surface area contributed by atoms with Gasteiger partial charge in [-0.2, -0.15) is 0 Å². The second kappa shape index (κ2) is 2.30. The maximum atomic E-state index is 12.2. The summed E-state index contributed by atoms with van der Waals surface area (Å²) in [5.41, 5.74) is -0.606. The number of hydrogen-bond acceptors (Lipinski definition) is 2. The van der Waals surface area contributed by atoms with Gasteiger partial charge in [-0.15, -0.1) is 0 Å². The predicted molar refractivity (Wildman–Crippen MR) is 52.9 cm³/mol. The van der Waals surface area contributed by atoms with E-state index in [1.165, 1.54) is 6.42 Å². The molecule has 0 N–H and O–H groups in total. The first-order valence-electron chi connectivity index (χ1n) is 5.49. The van der Waals surface area contributed by atoms with Gasteiger partial charge in [-0.25, -0.2) is 0 Å². The fourth-order valence-electron chi connectivity index (χ4n) is 3.44. The van der Waals surface area contributed by atoms with Crippen molar-refractivity contribution in [3.8, 4) is 0 Å². The lowest BCUT2D eigenvalue weighted by Gasteiger charge is -2.49. The summed E-state index contributed by atoms with van der Waals surface area (Å²) in [6.45, 7) is 4.11. The van der Waals surface area contributed by atoms with Crippen molar-refractivity contribution in [3.05, 3.63) is 12.2 Å². The summed E-state index contributed by atoms with van der Waals surface area (Å²) in [6, 6.07) is 0. The summed E-state index contributed by atoms with van der Waals surface area (Å²) in [5.74, 6) is 0.679. The van der Waals surface area contributed by atoms with E-state index in [0.717, 1.165) is 12.8 Å². The quantitative estimate of drug-likeness (QED) is 0.549. The number of Topliss-reactive ketones (excluding diaryl/α,β-unsaturated/α-hetero) is 1. The van der Waals surface area contributed by atoms with E-state index in [2.05, 4.69) is 26.0 Å². The van der Waals surface area contributed by atoms with E-state index in [1.54, 1.807) is 0 Å². The van der Waals surface area contributed by atoms with Gasteiger partial charge < -0.3 is 4.74 Å². The minimum absolute atomic E-state index is 0.119. The molecule has 1 aliphatic carbocycles. The van der Waals surface area contributed by atoms with Gasteiger partial charge in [-0.1, -0.05) is 18.6 Å². The van der Waals surface area contributed by atoms with Crippen molar-refractivity contribution in [2.45, 2.75) is 44.3 Å². The minimum Gasteiger partial charge on any atom is -0.359 e. The van der Waals surface area contributed by atoms with Crippen LogP contribution < -0.4 is 0 Å². The van der Waals surface area contributed by atoms with Gasteiger partial charge in [0.15, 0.2) is 0 Å². The third kappa shape index (κ3) is 0.830. The monoisotopic (exact) mass is 192 g/mol. The molecule has 2 fully saturated rings. The second-order valence-corrected chi connectivity index (χ2v) is 5.24. The van der Waals surface area contributed by atoms with E-state index < -0.39 is 0 Å². The summed E-state index contributed by atoms with van der Waals surface area (Å²) in [7, 11) is 0. The molecule has 76 valence electrons. The van der Waals surface area contributed by atoms with Gasteiger partial charge in [0.05, 0.1) is 23.0 Å². The van der Waals surface area contributed by atoms with Crippen LogP contribution in [-0.2, 0) is 9.53 Å². The van der Waals surface area contributed by atoms with E-state index in [-0.39, 0.29) is 23.0 Å². The highest BCUT2D eigenvalue weighted by Crippen LogP contribution is 2.52. The van der Waals surface area contributed by atoms with E-state index in [0.29, 0.717) is 5.78 Å². The van der Waals surface area contributed by atoms with Crippen molar-refractivity contribution >= 4 is 5.78 Å². The third-order valence-corrected chi connectivity index (χ3v) is 4.24.